The zero-order valence-corrected chi connectivity index (χ0v) is 19.3. The van der Waals surface area contributed by atoms with E-state index in [1.54, 1.807) is 31.2 Å². The second kappa shape index (κ2) is 11.8. The number of carbonyl (C=O) groups is 2. The van der Waals surface area contributed by atoms with Crippen LogP contribution in [0.15, 0.2) is 54.6 Å². The highest BCUT2D eigenvalue weighted by Crippen LogP contribution is 2.30. The van der Waals surface area contributed by atoms with Crippen LogP contribution >= 0.6 is 24.8 Å². The van der Waals surface area contributed by atoms with Gasteiger partial charge in [0.05, 0.1) is 6.04 Å². The van der Waals surface area contributed by atoms with Gasteiger partial charge in [-0.05, 0) is 18.1 Å². The van der Waals surface area contributed by atoms with Gasteiger partial charge in [0.25, 0.3) is 0 Å². The van der Waals surface area contributed by atoms with Gasteiger partial charge in [0.15, 0.2) is 0 Å². The number of nitrogens with one attached hydrogen (secondary N) is 4. The lowest BCUT2D eigenvalue weighted by Gasteiger charge is -2.22. The van der Waals surface area contributed by atoms with Gasteiger partial charge in [0, 0.05) is 25.1 Å². The molecule has 3 atom stereocenters. The number of hydrogen-bond donors (Lipinski definition) is 6. The minimum absolute atomic E-state index is 0. The van der Waals surface area contributed by atoms with E-state index in [1.165, 1.54) is 0 Å². The van der Waals surface area contributed by atoms with Crippen LogP contribution in [0.5, 0.6) is 0 Å². The molecule has 0 aromatic heterocycles. The maximum atomic E-state index is 12.6. The third-order valence-electron chi connectivity index (χ3n) is 5.29. The Morgan fingerprint density at radius 1 is 1.19 bits per heavy atom. The van der Waals surface area contributed by atoms with Gasteiger partial charge in [-0.3, -0.25) is 15.0 Å². The number of amidine groups is 1. The van der Waals surface area contributed by atoms with Gasteiger partial charge in [-0.2, -0.15) is 0 Å². The summed E-state index contributed by atoms with van der Waals surface area (Å²) in [6.45, 7) is 2.18. The minimum Gasteiger partial charge on any atom is -0.384 e. The molecule has 3 rings (SSSR count). The first-order valence-electron chi connectivity index (χ1n) is 9.81. The van der Waals surface area contributed by atoms with Crippen LogP contribution in [0.1, 0.15) is 30.0 Å². The molecule has 2 amide bonds. The van der Waals surface area contributed by atoms with Crippen LogP contribution in [-0.2, 0) is 21.7 Å². The van der Waals surface area contributed by atoms with E-state index in [0.29, 0.717) is 12.1 Å². The Balaban J connectivity index is 0.00000256. The van der Waals surface area contributed by atoms with Crippen LogP contribution in [-0.4, -0.2) is 41.4 Å². The van der Waals surface area contributed by atoms with Crippen LogP contribution < -0.4 is 21.7 Å². The molecule has 0 aliphatic carbocycles. The van der Waals surface area contributed by atoms with Gasteiger partial charge in [-0.25, -0.2) is 0 Å². The molecule has 10 heteroatoms. The first-order chi connectivity index (χ1) is 14.3. The number of amides is 2. The molecule has 1 aliphatic rings. The average Bonchev–Trinajstić information content (AvgIpc) is 3.16. The van der Waals surface area contributed by atoms with E-state index in [0.717, 1.165) is 11.1 Å². The van der Waals surface area contributed by atoms with Crippen molar-refractivity contribution < 1.29 is 14.7 Å². The molecule has 7 N–H and O–H groups in total. The minimum atomic E-state index is -1.11. The molecular formula is C22H29Cl2N5O3. The van der Waals surface area contributed by atoms with Crippen molar-refractivity contribution in [3.8, 4) is 0 Å². The highest BCUT2D eigenvalue weighted by molar-refractivity contribution is 5.95. The molecule has 2 aromatic rings. The Bertz CT molecular complexity index is 927. The van der Waals surface area contributed by atoms with Crippen LogP contribution in [0.25, 0.3) is 0 Å². The van der Waals surface area contributed by atoms with Crippen molar-refractivity contribution in [2.75, 3.05) is 6.54 Å². The van der Waals surface area contributed by atoms with E-state index < -0.39 is 17.7 Å². The topological polar surface area (TPSA) is 140 Å². The van der Waals surface area contributed by atoms with Crippen LogP contribution in [0, 0.1) is 5.41 Å². The van der Waals surface area contributed by atoms with E-state index in [9.17, 15) is 14.7 Å². The van der Waals surface area contributed by atoms with Crippen molar-refractivity contribution in [3.05, 3.63) is 71.3 Å². The monoisotopic (exact) mass is 481 g/mol. The molecule has 174 valence electrons. The SMILES string of the molecule is C[C@H](NC(=O)[C@H]1C[C@](O)(c2ccccc2)CN1)C(=O)NCc1ccc(C(=N)N)cc1.Cl.Cl. The molecule has 1 saturated heterocycles. The lowest BCUT2D eigenvalue weighted by atomic mass is 9.91. The first kappa shape index (κ1) is 27.4. The molecule has 0 bridgehead atoms. The quantitative estimate of drug-likeness (QED) is 0.260. The number of rotatable bonds is 7. The van der Waals surface area contributed by atoms with Crippen molar-refractivity contribution >= 4 is 42.5 Å². The summed E-state index contributed by atoms with van der Waals surface area (Å²) in [7, 11) is 0. The van der Waals surface area contributed by atoms with Crippen LogP contribution in [0.3, 0.4) is 0 Å². The summed E-state index contributed by atoms with van der Waals surface area (Å²) in [6.07, 6.45) is 0.236. The van der Waals surface area contributed by atoms with Crippen molar-refractivity contribution in [2.24, 2.45) is 5.73 Å². The van der Waals surface area contributed by atoms with Gasteiger partial charge in [0.1, 0.15) is 17.5 Å². The van der Waals surface area contributed by atoms with Crippen molar-refractivity contribution in [2.45, 2.75) is 37.6 Å². The van der Waals surface area contributed by atoms with Gasteiger partial charge in [-0.15, -0.1) is 24.8 Å². The van der Waals surface area contributed by atoms with Gasteiger partial charge >= 0.3 is 0 Å². The summed E-state index contributed by atoms with van der Waals surface area (Å²) in [6, 6.07) is 14.9. The number of β-amino-alcohol motifs (C(OH)–C–C–N with tert-alkyl or cyclic N) is 1. The molecule has 0 spiro atoms. The highest BCUT2D eigenvalue weighted by atomic mass is 35.5. The van der Waals surface area contributed by atoms with E-state index >= 15 is 0 Å². The van der Waals surface area contributed by atoms with E-state index in [4.69, 9.17) is 11.1 Å². The molecule has 0 saturated carbocycles. The summed E-state index contributed by atoms with van der Waals surface area (Å²) in [4.78, 5) is 24.9. The standard InChI is InChI=1S/C22H27N5O3.2ClH/c1-14(20(28)25-12-15-7-9-16(10-8-15)19(23)24)27-21(29)18-11-22(30,13-26-18)17-5-3-2-4-6-17;;/h2-10,14,18,26,30H,11-13H2,1H3,(H3,23,24)(H,25,28)(H,27,29);2*1H/t14-,18+,22+;;/m0../s1. The molecule has 32 heavy (non-hydrogen) atoms. The Hall–Kier alpha value is -2.65. The predicted molar refractivity (Wildman–Crippen MR) is 128 cm³/mol. The molecule has 1 aliphatic heterocycles. The van der Waals surface area contributed by atoms with E-state index in [2.05, 4.69) is 16.0 Å². The van der Waals surface area contributed by atoms with Crippen LogP contribution in [0.4, 0.5) is 0 Å². The zero-order valence-electron chi connectivity index (χ0n) is 17.6. The van der Waals surface area contributed by atoms with E-state index in [1.807, 2.05) is 30.3 Å². The summed E-state index contributed by atoms with van der Waals surface area (Å²) >= 11 is 0. The lowest BCUT2D eigenvalue weighted by molar-refractivity contribution is -0.129. The fourth-order valence-electron chi connectivity index (χ4n) is 3.45. The Morgan fingerprint density at radius 3 is 2.41 bits per heavy atom. The second-order valence-corrected chi connectivity index (χ2v) is 7.59. The van der Waals surface area contributed by atoms with Gasteiger partial charge in [-0.1, -0.05) is 54.6 Å². The predicted octanol–water partition coefficient (Wildman–Crippen LogP) is 1.18. The Labute approximate surface area is 199 Å². The number of carbonyl (C=O) groups excluding carboxylic acids is 2. The molecule has 0 radical (unpaired) electrons. The summed E-state index contributed by atoms with van der Waals surface area (Å²) in [5, 5.41) is 26.8. The van der Waals surface area contributed by atoms with Gasteiger partial charge in [0.2, 0.25) is 11.8 Å². The number of nitrogen functional groups attached to an aromatic ring is 1. The number of nitrogens with two attached hydrogens (primary N) is 1. The summed E-state index contributed by atoms with van der Waals surface area (Å²) in [5.74, 6) is -0.646. The molecular weight excluding hydrogens is 453 g/mol. The first-order valence-corrected chi connectivity index (χ1v) is 9.81. The lowest BCUT2D eigenvalue weighted by Crippen LogP contribution is -2.50. The normalized spacial score (nSPS) is 20.2. The maximum Gasteiger partial charge on any atom is 0.242 e. The third kappa shape index (κ3) is 6.67. The number of halogens is 2. The summed E-state index contributed by atoms with van der Waals surface area (Å²) < 4.78 is 0. The molecule has 1 fully saturated rings. The number of aliphatic hydroxyl groups is 1. The van der Waals surface area contributed by atoms with Gasteiger partial charge < -0.3 is 26.8 Å². The number of hydrogen-bond acceptors (Lipinski definition) is 5. The second-order valence-electron chi connectivity index (χ2n) is 7.59. The Kier molecular flexibility index (Phi) is 10.1. The molecule has 8 nitrogen and oxygen atoms in total. The molecule has 0 unspecified atom stereocenters. The highest BCUT2D eigenvalue weighted by Gasteiger charge is 2.41. The maximum absolute atomic E-state index is 12.6. The van der Waals surface area contributed by atoms with Crippen molar-refractivity contribution in [1.29, 1.82) is 5.41 Å². The number of benzene rings is 2. The largest absolute Gasteiger partial charge is 0.384 e. The fraction of sp³-hybridized carbons (Fsp3) is 0.318. The third-order valence-corrected chi connectivity index (χ3v) is 5.29. The summed E-state index contributed by atoms with van der Waals surface area (Å²) in [5.41, 5.74) is 6.55. The molecule has 2 aromatic carbocycles. The smallest absolute Gasteiger partial charge is 0.242 e. The molecule has 1 heterocycles. The average molecular weight is 482 g/mol. The van der Waals surface area contributed by atoms with E-state index in [-0.39, 0.29) is 55.4 Å². The zero-order chi connectivity index (χ0) is 21.7. The van der Waals surface area contributed by atoms with Crippen molar-refractivity contribution in [3.63, 3.8) is 0 Å². The van der Waals surface area contributed by atoms with Crippen molar-refractivity contribution in [1.82, 2.24) is 16.0 Å². The Morgan fingerprint density at radius 2 is 1.81 bits per heavy atom. The fourth-order valence-corrected chi connectivity index (χ4v) is 3.45. The van der Waals surface area contributed by atoms with Crippen LogP contribution in [0.2, 0.25) is 0 Å².